The van der Waals surface area contributed by atoms with Crippen molar-refractivity contribution in [2.75, 3.05) is 0 Å². The van der Waals surface area contributed by atoms with Crippen molar-refractivity contribution in [1.29, 1.82) is 0 Å². The molecule has 11 heteroatoms. The summed E-state index contributed by atoms with van der Waals surface area (Å²) < 4.78 is 57.8. The summed E-state index contributed by atoms with van der Waals surface area (Å²) in [5, 5.41) is 16.6. The van der Waals surface area contributed by atoms with Crippen molar-refractivity contribution in [1.82, 2.24) is 15.0 Å². The van der Waals surface area contributed by atoms with Gasteiger partial charge < -0.3 is 19.8 Å². The Morgan fingerprint density at radius 3 is 2.68 bits per heavy atom. The molecular weight excluding hydrogens is 502 g/mol. The summed E-state index contributed by atoms with van der Waals surface area (Å²) in [6, 6.07) is 15.6. The van der Waals surface area contributed by atoms with Gasteiger partial charge in [0, 0.05) is 23.2 Å². The number of benzene rings is 3. The molecule has 190 valence electrons. The van der Waals surface area contributed by atoms with Crippen LogP contribution in [0.5, 0.6) is 11.5 Å². The lowest BCUT2D eigenvalue weighted by Gasteiger charge is -2.23. The van der Waals surface area contributed by atoms with Crippen LogP contribution >= 0.6 is 0 Å². The first-order valence-electron chi connectivity index (χ1n) is 11.1. The number of nitrogens with two attached hydrogens (primary N) is 1. The van der Waals surface area contributed by atoms with E-state index in [-0.39, 0.29) is 16.9 Å². The highest BCUT2D eigenvalue weighted by atomic mass is 32.2. The molecule has 0 amide bonds. The smallest absolute Gasteiger partial charge is 0.213 e. The molecule has 0 fully saturated rings. The summed E-state index contributed by atoms with van der Waals surface area (Å²) in [4.78, 5) is 10.2. The van der Waals surface area contributed by atoms with Crippen molar-refractivity contribution in [2.24, 2.45) is 5.14 Å². The summed E-state index contributed by atoms with van der Waals surface area (Å²) in [6.45, 7) is 1.54. The van der Waals surface area contributed by atoms with E-state index in [1.54, 1.807) is 55.5 Å². The Bertz CT molecular complexity index is 1730. The summed E-state index contributed by atoms with van der Waals surface area (Å²) in [7, 11) is -3.74. The predicted molar refractivity (Wildman–Crippen MR) is 134 cm³/mol. The second-order valence-electron chi connectivity index (χ2n) is 8.80. The zero-order valence-electron chi connectivity index (χ0n) is 19.5. The van der Waals surface area contributed by atoms with Gasteiger partial charge in [0.25, 0.3) is 0 Å². The summed E-state index contributed by atoms with van der Waals surface area (Å²) in [6.07, 6.45) is 2.96. The Hall–Kier alpha value is -4.06. The van der Waals surface area contributed by atoms with E-state index in [1.165, 1.54) is 18.5 Å². The van der Waals surface area contributed by atoms with Gasteiger partial charge in [-0.15, -0.1) is 0 Å². The maximum atomic E-state index is 14.8. The second-order valence-corrected chi connectivity index (χ2v) is 10.4. The number of nitrogens with zero attached hydrogens (tertiary/aromatic N) is 1. The van der Waals surface area contributed by atoms with Crippen LogP contribution in [0.2, 0.25) is 0 Å². The van der Waals surface area contributed by atoms with E-state index in [0.717, 1.165) is 6.07 Å². The van der Waals surface area contributed by atoms with Crippen LogP contribution in [0.3, 0.4) is 0 Å². The third-order valence-corrected chi connectivity index (χ3v) is 6.72. The molecule has 2 heterocycles. The van der Waals surface area contributed by atoms with Gasteiger partial charge in [0.2, 0.25) is 10.0 Å². The molecule has 5 rings (SSSR count). The van der Waals surface area contributed by atoms with Crippen molar-refractivity contribution < 1.29 is 27.0 Å². The number of aromatic amines is 2. The molecule has 0 spiro atoms. The molecule has 0 radical (unpaired) electrons. The SMILES string of the molecule is CC(O)(c1cccc(CS(N)(=O)=O)c1)c1cnc(-c2cccc(Oc3c(F)cc4[nH]ccc4c3F)c2)[nH]1. The highest BCUT2D eigenvalue weighted by Gasteiger charge is 2.29. The van der Waals surface area contributed by atoms with Crippen molar-refractivity contribution in [2.45, 2.75) is 18.3 Å². The quantitative estimate of drug-likeness (QED) is 0.245. The lowest BCUT2D eigenvalue weighted by molar-refractivity contribution is 0.0979. The highest BCUT2D eigenvalue weighted by molar-refractivity contribution is 7.88. The molecule has 1 unspecified atom stereocenters. The van der Waals surface area contributed by atoms with Gasteiger partial charge >= 0.3 is 0 Å². The summed E-state index contributed by atoms with van der Waals surface area (Å²) in [5.74, 6) is -1.99. The Kier molecular flexibility index (Phi) is 6.06. The molecule has 0 aliphatic carbocycles. The van der Waals surface area contributed by atoms with Crippen molar-refractivity contribution >= 4 is 20.9 Å². The number of halogens is 2. The summed E-state index contributed by atoms with van der Waals surface area (Å²) in [5.41, 5.74) is 0.546. The number of fused-ring (bicyclic) bond motifs is 1. The maximum absolute atomic E-state index is 14.8. The number of imidazole rings is 1. The number of primary sulfonamides is 1. The average molecular weight is 525 g/mol. The minimum Gasteiger partial charge on any atom is -0.451 e. The second kappa shape index (κ2) is 9.11. The van der Waals surface area contributed by atoms with E-state index >= 15 is 0 Å². The molecule has 0 saturated heterocycles. The largest absolute Gasteiger partial charge is 0.451 e. The van der Waals surface area contributed by atoms with E-state index in [0.29, 0.717) is 33.7 Å². The highest BCUT2D eigenvalue weighted by Crippen LogP contribution is 2.35. The summed E-state index contributed by atoms with van der Waals surface area (Å²) >= 11 is 0. The molecule has 2 aromatic heterocycles. The molecule has 0 bridgehead atoms. The Morgan fingerprint density at radius 2 is 1.89 bits per heavy atom. The van der Waals surface area contributed by atoms with E-state index in [4.69, 9.17) is 9.88 Å². The molecule has 0 aliphatic heterocycles. The van der Waals surface area contributed by atoms with Gasteiger partial charge in [0.15, 0.2) is 17.4 Å². The van der Waals surface area contributed by atoms with Gasteiger partial charge in [-0.2, -0.15) is 0 Å². The van der Waals surface area contributed by atoms with Gasteiger partial charge in [-0.1, -0.05) is 36.4 Å². The van der Waals surface area contributed by atoms with Crippen LogP contribution in [0.15, 0.2) is 73.1 Å². The van der Waals surface area contributed by atoms with Crippen LogP contribution < -0.4 is 9.88 Å². The van der Waals surface area contributed by atoms with Gasteiger partial charge in [-0.05, 0) is 36.2 Å². The van der Waals surface area contributed by atoms with Crippen LogP contribution in [0.1, 0.15) is 23.7 Å². The van der Waals surface area contributed by atoms with Gasteiger partial charge in [-0.3, -0.25) is 0 Å². The Morgan fingerprint density at radius 1 is 1.11 bits per heavy atom. The molecule has 1 atom stereocenters. The minimum atomic E-state index is -3.74. The lowest BCUT2D eigenvalue weighted by Crippen LogP contribution is -2.24. The number of nitrogens with one attached hydrogen (secondary N) is 2. The van der Waals surface area contributed by atoms with Gasteiger partial charge in [0.1, 0.15) is 17.2 Å². The monoisotopic (exact) mass is 524 g/mol. The number of hydrogen-bond acceptors (Lipinski definition) is 5. The Labute approximate surface area is 210 Å². The first-order valence-corrected chi connectivity index (χ1v) is 12.8. The van der Waals surface area contributed by atoms with Crippen LogP contribution in [-0.2, 0) is 21.4 Å². The first kappa shape index (κ1) is 24.6. The van der Waals surface area contributed by atoms with E-state index < -0.39 is 33.0 Å². The van der Waals surface area contributed by atoms with E-state index in [9.17, 15) is 22.3 Å². The van der Waals surface area contributed by atoms with Crippen molar-refractivity contribution in [3.8, 4) is 22.9 Å². The predicted octanol–water partition coefficient (Wildman–Crippen LogP) is 4.67. The standard InChI is InChI=1S/C26H22F2N4O4S/c1-26(33,17-6-2-4-15(10-17)14-37(29,34)35)22-13-31-25(32-22)16-5-3-7-18(11-16)36-24-20(27)12-21-19(23(24)28)8-9-30-21/h2-13,30,33H,14H2,1H3,(H,31,32)(H2,29,34,35). The fourth-order valence-electron chi connectivity index (χ4n) is 4.10. The van der Waals surface area contributed by atoms with Crippen LogP contribution in [0, 0.1) is 11.6 Å². The number of sulfonamides is 1. The van der Waals surface area contributed by atoms with Gasteiger partial charge in [0.05, 0.1) is 23.2 Å². The first-order chi connectivity index (χ1) is 17.5. The zero-order valence-corrected chi connectivity index (χ0v) is 20.3. The number of rotatable bonds is 7. The van der Waals surface area contributed by atoms with E-state index in [2.05, 4.69) is 15.0 Å². The minimum absolute atomic E-state index is 0.186. The van der Waals surface area contributed by atoms with Crippen molar-refractivity contribution in [3.63, 3.8) is 0 Å². The molecule has 5 aromatic rings. The number of hydrogen-bond donors (Lipinski definition) is 4. The normalized spacial score (nSPS) is 13.5. The Balaban J connectivity index is 1.43. The van der Waals surface area contributed by atoms with Crippen LogP contribution in [0.25, 0.3) is 22.3 Å². The third-order valence-electron chi connectivity index (χ3n) is 5.99. The number of aromatic nitrogens is 3. The number of H-pyrrole nitrogens is 2. The molecule has 0 saturated carbocycles. The molecule has 3 aromatic carbocycles. The molecule has 37 heavy (non-hydrogen) atoms. The topological polar surface area (TPSA) is 134 Å². The van der Waals surface area contributed by atoms with Crippen LogP contribution in [-0.4, -0.2) is 28.5 Å². The van der Waals surface area contributed by atoms with Crippen LogP contribution in [0.4, 0.5) is 8.78 Å². The molecule has 0 aliphatic rings. The lowest BCUT2D eigenvalue weighted by atomic mass is 9.92. The van der Waals surface area contributed by atoms with Gasteiger partial charge in [-0.25, -0.2) is 27.3 Å². The molecule has 5 N–H and O–H groups in total. The fourth-order valence-corrected chi connectivity index (χ4v) is 4.74. The third kappa shape index (κ3) is 4.96. The molecular formula is C26H22F2N4O4S. The molecule has 8 nitrogen and oxygen atoms in total. The number of ether oxygens (including phenoxy) is 1. The van der Waals surface area contributed by atoms with E-state index in [1.807, 2.05) is 0 Å². The van der Waals surface area contributed by atoms with Crippen molar-refractivity contribution in [3.05, 3.63) is 102 Å². The number of aliphatic hydroxyl groups is 1. The maximum Gasteiger partial charge on any atom is 0.213 e. The fraction of sp³-hybridized carbons (Fsp3) is 0.115. The average Bonchev–Trinajstić information content (AvgIpc) is 3.52. The zero-order chi connectivity index (χ0) is 26.4.